The van der Waals surface area contributed by atoms with Gasteiger partial charge in [-0.2, -0.15) is 0 Å². The Hall–Kier alpha value is -1.88. The van der Waals surface area contributed by atoms with Gasteiger partial charge in [0.05, 0.1) is 6.61 Å². The number of benzene rings is 2. The molecule has 2 aromatic carbocycles. The van der Waals surface area contributed by atoms with Crippen LogP contribution in [-0.2, 0) is 4.74 Å². The van der Waals surface area contributed by atoms with E-state index < -0.39 is 0 Å². The summed E-state index contributed by atoms with van der Waals surface area (Å²) in [6, 6.07) is 19.9. The number of carbonyl (C=O) groups excluding carboxylic acids is 1. The van der Waals surface area contributed by atoms with E-state index in [1.165, 1.54) is 0 Å². The lowest BCUT2D eigenvalue weighted by Gasteiger charge is -2.42. The minimum atomic E-state index is 0. The number of anilines is 1. The fourth-order valence-electron chi connectivity index (χ4n) is 3.91. The zero-order valence-electron chi connectivity index (χ0n) is 16.8. The van der Waals surface area contributed by atoms with Gasteiger partial charge in [0.1, 0.15) is 0 Å². The van der Waals surface area contributed by atoms with Crippen molar-refractivity contribution in [3.8, 4) is 0 Å². The van der Waals surface area contributed by atoms with Crippen molar-refractivity contribution in [2.24, 2.45) is 5.92 Å². The van der Waals surface area contributed by atoms with Crippen LogP contribution in [0.1, 0.15) is 30.6 Å². The maximum absolute atomic E-state index is 13.4. The van der Waals surface area contributed by atoms with Crippen LogP contribution in [0.2, 0.25) is 0 Å². The van der Waals surface area contributed by atoms with E-state index in [1.807, 2.05) is 72.5 Å². The number of hydrogen-bond donors (Lipinski definition) is 0. The average Bonchev–Trinajstić information content (AvgIpc) is 2.71. The van der Waals surface area contributed by atoms with E-state index in [0.717, 1.165) is 50.5 Å². The highest BCUT2D eigenvalue weighted by Crippen LogP contribution is 2.29. The van der Waals surface area contributed by atoms with Crippen molar-refractivity contribution in [2.45, 2.75) is 26.3 Å². The second kappa shape index (κ2) is 11.2. The first kappa shape index (κ1) is 22.4. The van der Waals surface area contributed by atoms with Crippen LogP contribution >= 0.6 is 12.4 Å². The third-order valence-corrected chi connectivity index (χ3v) is 5.31. The van der Waals surface area contributed by atoms with Crippen molar-refractivity contribution in [2.75, 3.05) is 37.7 Å². The van der Waals surface area contributed by atoms with Crippen molar-refractivity contribution in [3.63, 3.8) is 0 Å². The van der Waals surface area contributed by atoms with Crippen LogP contribution in [0.5, 0.6) is 0 Å². The highest BCUT2D eigenvalue weighted by Gasteiger charge is 2.34. The van der Waals surface area contributed by atoms with Gasteiger partial charge < -0.3 is 14.5 Å². The third kappa shape index (κ3) is 5.57. The number of ether oxygens (including phenoxy) is 1. The molecule has 1 aliphatic heterocycles. The standard InChI is InChI=1S/C23H30N2O2.ClH/c1-3-27-17-16-24-15-14-22(19(2)18-24)25(21-12-8-5-9-13-21)23(26)20-10-6-4-7-11-20;/h4-13,19,22H,3,14-18H2,1-2H3;1H/t19-,22-;/m0./s1. The van der Waals surface area contributed by atoms with Gasteiger partial charge in [0.25, 0.3) is 5.91 Å². The Kier molecular flexibility index (Phi) is 8.97. The molecule has 5 heteroatoms. The molecule has 1 saturated heterocycles. The lowest BCUT2D eigenvalue weighted by atomic mass is 9.91. The second-order valence-electron chi connectivity index (χ2n) is 7.21. The molecule has 2 aromatic rings. The molecule has 0 aromatic heterocycles. The number of halogens is 1. The maximum atomic E-state index is 13.4. The molecule has 152 valence electrons. The summed E-state index contributed by atoms with van der Waals surface area (Å²) in [6.45, 7) is 8.77. The van der Waals surface area contributed by atoms with Gasteiger partial charge in [-0.25, -0.2) is 0 Å². The molecule has 0 aliphatic carbocycles. The van der Waals surface area contributed by atoms with Gasteiger partial charge in [-0.05, 0) is 43.5 Å². The van der Waals surface area contributed by atoms with E-state index in [-0.39, 0.29) is 24.4 Å². The Labute approximate surface area is 174 Å². The molecule has 4 nitrogen and oxygen atoms in total. The van der Waals surface area contributed by atoms with E-state index in [0.29, 0.717) is 5.92 Å². The van der Waals surface area contributed by atoms with Crippen molar-refractivity contribution in [3.05, 3.63) is 66.2 Å². The topological polar surface area (TPSA) is 32.8 Å². The van der Waals surface area contributed by atoms with Gasteiger partial charge in [-0.15, -0.1) is 12.4 Å². The predicted octanol–water partition coefficient (Wildman–Crippen LogP) is 4.50. The Morgan fingerprint density at radius 3 is 2.36 bits per heavy atom. The van der Waals surface area contributed by atoms with E-state index in [1.54, 1.807) is 0 Å². The zero-order valence-corrected chi connectivity index (χ0v) is 17.6. The Morgan fingerprint density at radius 2 is 1.75 bits per heavy atom. The molecule has 1 aliphatic rings. The summed E-state index contributed by atoms with van der Waals surface area (Å²) in [6.07, 6.45) is 0.973. The lowest BCUT2D eigenvalue weighted by molar-refractivity contribution is 0.0812. The van der Waals surface area contributed by atoms with Crippen molar-refractivity contribution >= 4 is 24.0 Å². The second-order valence-corrected chi connectivity index (χ2v) is 7.21. The molecule has 0 N–H and O–H groups in total. The van der Waals surface area contributed by atoms with E-state index >= 15 is 0 Å². The van der Waals surface area contributed by atoms with Gasteiger partial charge in [0.2, 0.25) is 0 Å². The Bertz CT molecular complexity index is 711. The van der Waals surface area contributed by atoms with Crippen LogP contribution in [0, 0.1) is 5.92 Å². The summed E-state index contributed by atoms with van der Waals surface area (Å²) in [5.41, 5.74) is 1.72. The molecule has 1 amide bonds. The van der Waals surface area contributed by atoms with E-state index in [4.69, 9.17) is 4.74 Å². The number of rotatable bonds is 7. The average molecular weight is 403 g/mol. The monoisotopic (exact) mass is 402 g/mol. The van der Waals surface area contributed by atoms with Gasteiger partial charge in [0, 0.05) is 43.5 Å². The van der Waals surface area contributed by atoms with Crippen LogP contribution in [-0.4, -0.2) is 49.7 Å². The Morgan fingerprint density at radius 1 is 1.11 bits per heavy atom. The summed E-state index contributed by atoms with van der Waals surface area (Å²) >= 11 is 0. The molecule has 0 unspecified atom stereocenters. The number of para-hydroxylation sites is 1. The van der Waals surface area contributed by atoms with Crippen LogP contribution in [0.25, 0.3) is 0 Å². The molecular formula is C23H31ClN2O2. The fraction of sp³-hybridized carbons (Fsp3) is 0.435. The van der Waals surface area contributed by atoms with E-state index in [9.17, 15) is 4.79 Å². The van der Waals surface area contributed by atoms with Gasteiger partial charge >= 0.3 is 0 Å². The highest BCUT2D eigenvalue weighted by molar-refractivity contribution is 6.06. The summed E-state index contributed by atoms with van der Waals surface area (Å²) in [7, 11) is 0. The first-order valence-electron chi connectivity index (χ1n) is 9.94. The SMILES string of the molecule is CCOCCN1CC[C@H](N(C(=O)c2ccccc2)c2ccccc2)[C@@H](C)C1.Cl. The molecule has 3 rings (SSSR count). The first-order valence-corrected chi connectivity index (χ1v) is 9.94. The van der Waals surface area contributed by atoms with E-state index in [2.05, 4.69) is 11.8 Å². The summed E-state index contributed by atoms with van der Waals surface area (Å²) in [4.78, 5) is 17.8. The van der Waals surface area contributed by atoms with Crippen LogP contribution in [0.15, 0.2) is 60.7 Å². The van der Waals surface area contributed by atoms with Gasteiger partial charge in [-0.1, -0.05) is 43.3 Å². The molecule has 1 heterocycles. The largest absolute Gasteiger partial charge is 0.380 e. The number of likely N-dealkylation sites (tertiary alicyclic amines) is 1. The van der Waals surface area contributed by atoms with Crippen LogP contribution in [0.4, 0.5) is 5.69 Å². The number of amides is 1. The highest BCUT2D eigenvalue weighted by atomic mass is 35.5. The molecule has 1 fully saturated rings. The zero-order chi connectivity index (χ0) is 19.1. The lowest BCUT2D eigenvalue weighted by Crippen LogP contribution is -2.53. The van der Waals surface area contributed by atoms with Gasteiger partial charge in [-0.3, -0.25) is 4.79 Å². The number of piperidine rings is 1. The van der Waals surface area contributed by atoms with Crippen LogP contribution < -0.4 is 4.90 Å². The molecule has 0 spiro atoms. The summed E-state index contributed by atoms with van der Waals surface area (Å²) in [5, 5.41) is 0. The number of hydrogen-bond acceptors (Lipinski definition) is 3. The van der Waals surface area contributed by atoms with Crippen molar-refractivity contribution in [1.29, 1.82) is 0 Å². The fourth-order valence-corrected chi connectivity index (χ4v) is 3.91. The smallest absolute Gasteiger partial charge is 0.258 e. The summed E-state index contributed by atoms with van der Waals surface area (Å²) in [5.74, 6) is 0.481. The molecule has 2 atom stereocenters. The molecule has 0 saturated carbocycles. The van der Waals surface area contributed by atoms with Crippen LogP contribution in [0.3, 0.4) is 0 Å². The molecule has 0 radical (unpaired) electrons. The normalized spacial score (nSPS) is 19.6. The Balaban J connectivity index is 0.00000280. The first-order chi connectivity index (χ1) is 13.2. The number of carbonyl (C=O) groups is 1. The summed E-state index contributed by atoms with van der Waals surface area (Å²) < 4.78 is 5.50. The molecular weight excluding hydrogens is 372 g/mol. The minimum Gasteiger partial charge on any atom is -0.380 e. The minimum absolute atomic E-state index is 0. The predicted molar refractivity (Wildman–Crippen MR) is 117 cm³/mol. The third-order valence-electron chi connectivity index (χ3n) is 5.31. The molecule has 28 heavy (non-hydrogen) atoms. The quantitative estimate of drug-likeness (QED) is 0.639. The van der Waals surface area contributed by atoms with Gasteiger partial charge in [0.15, 0.2) is 0 Å². The maximum Gasteiger partial charge on any atom is 0.258 e. The molecule has 0 bridgehead atoms. The van der Waals surface area contributed by atoms with Crippen molar-refractivity contribution < 1.29 is 9.53 Å². The number of nitrogens with zero attached hydrogens (tertiary/aromatic N) is 2. The van der Waals surface area contributed by atoms with Crippen molar-refractivity contribution in [1.82, 2.24) is 4.90 Å².